The Morgan fingerprint density at radius 1 is 1.31 bits per heavy atom. The van der Waals surface area contributed by atoms with Crippen LogP contribution < -0.4 is 5.73 Å². The first kappa shape index (κ1) is 12.4. The third-order valence-electron chi connectivity index (χ3n) is 1.61. The summed E-state index contributed by atoms with van der Waals surface area (Å²) >= 11 is 0. The van der Waals surface area contributed by atoms with E-state index < -0.39 is 0 Å². The van der Waals surface area contributed by atoms with Crippen LogP contribution in [-0.2, 0) is 11.2 Å². The van der Waals surface area contributed by atoms with Gasteiger partial charge in [0.25, 0.3) is 0 Å². The average molecular weight is 202 g/mol. The second kappa shape index (κ2) is 6.89. The lowest BCUT2D eigenvalue weighted by Crippen LogP contribution is -2.20. The standard InChI is InChI=1S/C10H15NO.ClH/c1-9(11)12-8-7-10-5-3-2-4-6-10;/h2-6,9H,7-8,11H2,1H3;1H. The van der Waals surface area contributed by atoms with Gasteiger partial charge < -0.3 is 10.5 Å². The van der Waals surface area contributed by atoms with Gasteiger partial charge >= 0.3 is 0 Å². The molecule has 2 N–H and O–H groups in total. The highest BCUT2D eigenvalue weighted by molar-refractivity contribution is 5.85. The highest BCUT2D eigenvalue weighted by Crippen LogP contribution is 1.99. The monoisotopic (exact) mass is 201 g/mol. The van der Waals surface area contributed by atoms with Gasteiger partial charge in [0.1, 0.15) is 6.23 Å². The molecule has 1 atom stereocenters. The molecule has 1 aromatic carbocycles. The zero-order chi connectivity index (χ0) is 8.81. The number of hydrogen-bond donors (Lipinski definition) is 1. The lowest BCUT2D eigenvalue weighted by atomic mass is 10.2. The van der Waals surface area contributed by atoms with Crippen molar-refractivity contribution in [3.05, 3.63) is 35.9 Å². The zero-order valence-corrected chi connectivity index (χ0v) is 8.59. The van der Waals surface area contributed by atoms with E-state index in [0.29, 0.717) is 6.61 Å². The summed E-state index contributed by atoms with van der Waals surface area (Å²) in [5, 5.41) is 0. The van der Waals surface area contributed by atoms with E-state index in [1.165, 1.54) is 5.56 Å². The Morgan fingerprint density at radius 3 is 2.46 bits per heavy atom. The van der Waals surface area contributed by atoms with Crippen molar-refractivity contribution in [3.63, 3.8) is 0 Å². The topological polar surface area (TPSA) is 35.2 Å². The van der Waals surface area contributed by atoms with Crippen molar-refractivity contribution in [2.75, 3.05) is 6.61 Å². The van der Waals surface area contributed by atoms with E-state index in [4.69, 9.17) is 10.5 Å². The molecule has 0 aliphatic carbocycles. The molecule has 0 saturated carbocycles. The normalized spacial score (nSPS) is 11.8. The molecule has 0 radical (unpaired) electrons. The van der Waals surface area contributed by atoms with Crippen LogP contribution in [0.2, 0.25) is 0 Å². The Bertz CT molecular complexity index is 213. The molecule has 0 heterocycles. The first-order chi connectivity index (χ1) is 5.79. The number of hydrogen-bond acceptors (Lipinski definition) is 2. The Balaban J connectivity index is 0.00000144. The second-order valence-electron chi connectivity index (χ2n) is 2.81. The maximum absolute atomic E-state index is 5.43. The van der Waals surface area contributed by atoms with Crippen molar-refractivity contribution in [1.82, 2.24) is 0 Å². The van der Waals surface area contributed by atoms with Crippen molar-refractivity contribution >= 4 is 12.4 Å². The molecule has 0 saturated heterocycles. The minimum Gasteiger partial charge on any atom is -0.364 e. The molecule has 3 heteroatoms. The summed E-state index contributed by atoms with van der Waals surface area (Å²) in [4.78, 5) is 0. The maximum atomic E-state index is 5.43. The van der Waals surface area contributed by atoms with Crippen molar-refractivity contribution in [3.8, 4) is 0 Å². The van der Waals surface area contributed by atoms with E-state index in [-0.39, 0.29) is 18.6 Å². The lowest BCUT2D eigenvalue weighted by molar-refractivity contribution is 0.0731. The van der Waals surface area contributed by atoms with Crippen LogP contribution in [0.25, 0.3) is 0 Å². The van der Waals surface area contributed by atoms with Crippen molar-refractivity contribution in [1.29, 1.82) is 0 Å². The molecule has 1 rings (SSSR count). The van der Waals surface area contributed by atoms with Crippen molar-refractivity contribution in [2.24, 2.45) is 5.73 Å². The van der Waals surface area contributed by atoms with Crippen LogP contribution >= 0.6 is 12.4 Å². The van der Waals surface area contributed by atoms with Gasteiger partial charge in [-0.3, -0.25) is 0 Å². The van der Waals surface area contributed by atoms with Gasteiger partial charge in [0.05, 0.1) is 6.61 Å². The smallest absolute Gasteiger partial charge is 0.102 e. The Morgan fingerprint density at radius 2 is 1.92 bits per heavy atom. The minimum absolute atomic E-state index is 0. The number of halogens is 1. The van der Waals surface area contributed by atoms with Crippen molar-refractivity contribution in [2.45, 2.75) is 19.6 Å². The summed E-state index contributed by atoms with van der Waals surface area (Å²) in [7, 11) is 0. The van der Waals surface area contributed by atoms with Gasteiger partial charge in [0, 0.05) is 0 Å². The second-order valence-corrected chi connectivity index (χ2v) is 2.81. The molecule has 0 aromatic heterocycles. The average Bonchev–Trinajstić information content (AvgIpc) is 2.05. The lowest BCUT2D eigenvalue weighted by Gasteiger charge is -2.06. The fourth-order valence-corrected chi connectivity index (χ4v) is 1.01. The third kappa shape index (κ3) is 5.64. The van der Waals surface area contributed by atoms with Gasteiger partial charge in [-0.15, -0.1) is 12.4 Å². The summed E-state index contributed by atoms with van der Waals surface area (Å²) in [6.07, 6.45) is 0.774. The minimum atomic E-state index is -0.159. The van der Waals surface area contributed by atoms with Gasteiger partial charge in [-0.2, -0.15) is 0 Å². The summed E-state index contributed by atoms with van der Waals surface area (Å²) in [6, 6.07) is 10.2. The van der Waals surface area contributed by atoms with E-state index >= 15 is 0 Å². The molecular weight excluding hydrogens is 186 g/mol. The first-order valence-electron chi connectivity index (χ1n) is 4.20. The fourth-order valence-electron chi connectivity index (χ4n) is 1.01. The van der Waals surface area contributed by atoms with Crippen LogP contribution in [-0.4, -0.2) is 12.8 Å². The van der Waals surface area contributed by atoms with E-state index in [1.807, 2.05) is 25.1 Å². The van der Waals surface area contributed by atoms with E-state index in [1.54, 1.807) is 0 Å². The Hall–Kier alpha value is -0.570. The number of ether oxygens (including phenoxy) is 1. The predicted molar refractivity (Wildman–Crippen MR) is 57.0 cm³/mol. The number of rotatable bonds is 4. The molecule has 0 aliphatic rings. The molecule has 0 fully saturated rings. The molecule has 0 aliphatic heterocycles. The summed E-state index contributed by atoms with van der Waals surface area (Å²) in [5.41, 5.74) is 6.72. The van der Waals surface area contributed by atoms with Crippen LogP contribution in [0.4, 0.5) is 0 Å². The molecule has 0 amide bonds. The molecule has 0 spiro atoms. The molecule has 1 aromatic rings. The molecule has 13 heavy (non-hydrogen) atoms. The van der Waals surface area contributed by atoms with Gasteiger partial charge in [-0.1, -0.05) is 30.3 Å². The molecule has 2 nitrogen and oxygen atoms in total. The van der Waals surface area contributed by atoms with Crippen LogP contribution in [0, 0.1) is 0 Å². The summed E-state index contributed by atoms with van der Waals surface area (Å²) < 4.78 is 5.22. The van der Waals surface area contributed by atoms with Crippen LogP contribution in [0.1, 0.15) is 12.5 Å². The van der Waals surface area contributed by atoms with E-state index in [2.05, 4.69) is 12.1 Å². The molecule has 1 unspecified atom stereocenters. The molecule has 74 valence electrons. The first-order valence-corrected chi connectivity index (χ1v) is 4.20. The molecule has 0 bridgehead atoms. The maximum Gasteiger partial charge on any atom is 0.102 e. The highest BCUT2D eigenvalue weighted by atomic mass is 35.5. The Labute approximate surface area is 85.5 Å². The van der Waals surface area contributed by atoms with Gasteiger partial charge in [0.2, 0.25) is 0 Å². The SMILES string of the molecule is CC(N)OCCc1ccccc1.Cl. The predicted octanol–water partition coefficient (Wildman–Crippen LogP) is 1.97. The third-order valence-corrected chi connectivity index (χ3v) is 1.61. The Kier molecular flexibility index (Phi) is 6.59. The van der Waals surface area contributed by atoms with Gasteiger partial charge in [-0.25, -0.2) is 0 Å². The van der Waals surface area contributed by atoms with Crippen LogP contribution in [0.15, 0.2) is 30.3 Å². The van der Waals surface area contributed by atoms with E-state index in [0.717, 1.165) is 6.42 Å². The molecular formula is C10H16ClNO. The van der Waals surface area contributed by atoms with Crippen LogP contribution in [0.5, 0.6) is 0 Å². The van der Waals surface area contributed by atoms with Crippen molar-refractivity contribution < 1.29 is 4.74 Å². The quantitative estimate of drug-likeness (QED) is 0.757. The van der Waals surface area contributed by atoms with Gasteiger partial charge in [0.15, 0.2) is 0 Å². The zero-order valence-electron chi connectivity index (χ0n) is 7.77. The number of benzene rings is 1. The van der Waals surface area contributed by atoms with Crippen LogP contribution in [0.3, 0.4) is 0 Å². The highest BCUT2D eigenvalue weighted by Gasteiger charge is 1.94. The number of nitrogens with two attached hydrogens (primary N) is 1. The summed E-state index contributed by atoms with van der Waals surface area (Å²) in [6.45, 7) is 2.53. The largest absolute Gasteiger partial charge is 0.364 e. The van der Waals surface area contributed by atoms with E-state index in [9.17, 15) is 0 Å². The fraction of sp³-hybridized carbons (Fsp3) is 0.400. The van der Waals surface area contributed by atoms with Gasteiger partial charge in [-0.05, 0) is 18.9 Å². The summed E-state index contributed by atoms with van der Waals surface area (Å²) in [5.74, 6) is 0.